The molecule has 1 unspecified atom stereocenters. The standard InChI is InChI=1S/C28H36N4O3/c1-28(27(35)29-22-12-6-3-7-13-22)20-31-23(21-10-4-2-5-11-21)15-16-24(31)26(34)32(28)19-9-18-30-17-8-14-25(30)33/h2,4-5,10-11,15-16,22H,3,6-9,12-14,17-20H2,1H3,(H,29,35). The Labute approximate surface area is 207 Å². The van der Waals surface area contributed by atoms with E-state index in [1.54, 1.807) is 4.90 Å². The van der Waals surface area contributed by atoms with Crippen molar-refractivity contribution in [1.82, 2.24) is 19.7 Å². The topological polar surface area (TPSA) is 74.7 Å². The summed E-state index contributed by atoms with van der Waals surface area (Å²) < 4.78 is 2.01. The van der Waals surface area contributed by atoms with Gasteiger partial charge in [-0.05, 0) is 50.3 Å². The number of benzene rings is 1. The monoisotopic (exact) mass is 476 g/mol. The quantitative estimate of drug-likeness (QED) is 0.660. The number of rotatable bonds is 7. The van der Waals surface area contributed by atoms with Crippen LogP contribution in [0, 0.1) is 0 Å². The number of likely N-dealkylation sites (tertiary alicyclic amines) is 1. The fraction of sp³-hybridized carbons (Fsp3) is 0.536. The van der Waals surface area contributed by atoms with Gasteiger partial charge in [-0.25, -0.2) is 0 Å². The summed E-state index contributed by atoms with van der Waals surface area (Å²) in [4.78, 5) is 43.3. The lowest BCUT2D eigenvalue weighted by atomic mass is 9.91. The maximum atomic E-state index is 13.8. The van der Waals surface area contributed by atoms with E-state index in [9.17, 15) is 14.4 Å². The molecule has 1 saturated heterocycles. The zero-order valence-electron chi connectivity index (χ0n) is 20.7. The van der Waals surface area contributed by atoms with Gasteiger partial charge in [-0.2, -0.15) is 0 Å². The lowest BCUT2D eigenvalue weighted by molar-refractivity contribution is -0.134. The molecule has 0 spiro atoms. The van der Waals surface area contributed by atoms with Crippen molar-refractivity contribution in [3.63, 3.8) is 0 Å². The Hall–Kier alpha value is -3.09. The van der Waals surface area contributed by atoms with Crippen molar-refractivity contribution >= 4 is 17.7 Å². The maximum absolute atomic E-state index is 13.8. The number of nitrogens with zero attached hydrogens (tertiary/aromatic N) is 3. The Morgan fingerprint density at radius 3 is 2.43 bits per heavy atom. The lowest BCUT2D eigenvalue weighted by Gasteiger charge is -2.45. The fourth-order valence-electron chi connectivity index (χ4n) is 5.93. The number of amides is 3. The first kappa shape index (κ1) is 23.6. The van der Waals surface area contributed by atoms with Crippen LogP contribution in [-0.2, 0) is 16.1 Å². The molecular formula is C28H36N4O3. The van der Waals surface area contributed by atoms with Gasteiger partial charge in [0.05, 0.1) is 6.54 Å². The molecule has 35 heavy (non-hydrogen) atoms. The van der Waals surface area contributed by atoms with Crippen molar-refractivity contribution in [2.75, 3.05) is 19.6 Å². The predicted octanol–water partition coefficient (Wildman–Crippen LogP) is 3.83. The van der Waals surface area contributed by atoms with Crippen LogP contribution in [0.5, 0.6) is 0 Å². The van der Waals surface area contributed by atoms with Gasteiger partial charge in [0.15, 0.2) is 0 Å². The van der Waals surface area contributed by atoms with Crippen LogP contribution in [0.3, 0.4) is 0 Å². The molecule has 7 nitrogen and oxygen atoms in total. The molecule has 1 aromatic carbocycles. The summed E-state index contributed by atoms with van der Waals surface area (Å²) in [5, 5.41) is 3.29. The highest BCUT2D eigenvalue weighted by atomic mass is 16.2. The summed E-state index contributed by atoms with van der Waals surface area (Å²) in [6, 6.07) is 14.0. The lowest BCUT2D eigenvalue weighted by Crippen LogP contribution is -2.65. The molecule has 1 aliphatic carbocycles. The number of nitrogens with one attached hydrogen (secondary N) is 1. The van der Waals surface area contributed by atoms with Crippen molar-refractivity contribution in [3.05, 3.63) is 48.2 Å². The largest absolute Gasteiger partial charge is 0.351 e. The summed E-state index contributed by atoms with van der Waals surface area (Å²) >= 11 is 0. The van der Waals surface area contributed by atoms with E-state index in [1.807, 2.05) is 58.9 Å². The van der Waals surface area contributed by atoms with Gasteiger partial charge < -0.3 is 19.7 Å². The number of fused-ring (bicyclic) bond motifs is 1. The summed E-state index contributed by atoms with van der Waals surface area (Å²) in [6.07, 6.45) is 7.65. The molecule has 0 radical (unpaired) electrons. The average Bonchev–Trinajstić information content (AvgIpc) is 3.48. The zero-order valence-corrected chi connectivity index (χ0v) is 20.7. The van der Waals surface area contributed by atoms with Crippen LogP contribution >= 0.6 is 0 Å². The molecule has 5 rings (SSSR count). The first-order valence-corrected chi connectivity index (χ1v) is 13.1. The second kappa shape index (κ2) is 9.88. The minimum atomic E-state index is -1.00. The van der Waals surface area contributed by atoms with E-state index in [-0.39, 0.29) is 23.8 Å². The fourth-order valence-corrected chi connectivity index (χ4v) is 5.93. The van der Waals surface area contributed by atoms with Gasteiger partial charge in [-0.3, -0.25) is 14.4 Å². The zero-order chi connectivity index (χ0) is 24.4. The van der Waals surface area contributed by atoms with Gasteiger partial charge in [0.2, 0.25) is 11.8 Å². The van der Waals surface area contributed by atoms with E-state index >= 15 is 0 Å². The number of hydrogen-bond acceptors (Lipinski definition) is 3. The highest BCUT2D eigenvalue weighted by molar-refractivity contribution is 6.00. The Morgan fingerprint density at radius 1 is 0.971 bits per heavy atom. The molecule has 2 aliphatic heterocycles. The molecule has 3 heterocycles. The minimum Gasteiger partial charge on any atom is -0.351 e. The van der Waals surface area contributed by atoms with Crippen LogP contribution < -0.4 is 5.32 Å². The predicted molar refractivity (Wildman–Crippen MR) is 135 cm³/mol. The highest BCUT2D eigenvalue weighted by Crippen LogP contribution is 2.34. The number of carbonyl (C=O) groups excluding carboxylic acids is 3. The first-order chi connectivity index (χ1) is 17.0. The van der Waals surface area contributed by atoms with E-state index in [1.165, 1.54) is 6.42 Å². The van der Waals surface area contributed by atoms with Crippen LogP contribution in [0.2, 0.25) is 0 Å². The molecule has 1 atom stereocenters. The van der Waals surface area contributed by atoms with Gasteiger partial charge in [0.1, 0.15) is 11.2 Å². The minimum absolute atomic E-state index is 0.0756. The summed E-state index contributed by atoms with van der Waals surface area (Å²) in [6.45, 7) is 4.17. The van der Waals surface area contributed by atoms with Crippen molar-refractivity contribution in [1.29, 1.82) is 0 Å². The molecule has 2 fully saturated rings. The van der Waals surface area contributed by atoms with E-state index in [4.69, 9.17) is 0 Å². The summed E-state index contributed by atoms with van der Waals surface area (Å²) in [5.41, 5.74) is 1.60. The Kier molecular flexibility index (Phi) is 6.67. The summed E-state index contributed by atoms with van der Waals surface area (Å²) in [7, 11) is 0. The molecular weight excluding hydrogens is 440 g/mol. The number of hydrogen-bond donors (Lipinski definition) is 1. The molecule has 3 amide bonds. The van der Waals surface area contributed by atoms with Crippen LogP contribution in [-0.4, -0.2) is 63.3 Å². The Morgan fingerprint density at radius 2 is 1.71 bits per heavy atom. The molecule has 1 aromatic heterocycles. The molecule has 1 saturated carbocycles. The molecule has 7 heteroatoms. The van der Waals surface area contributed by atoms with Gasteiger partial charge >= 0.3 is 0 Å². The normalized spacial score (nSPS) is 23.0. The third-order valence-electron chi connectivity index (χ3n) is 7.99. The smallest absolute Gasteiger partial charge is 0.271 e. The van der Waals surface area contributed by atoms with Gasteiger partial charge in [0.25, 0.3) is 5.91 Å². The Balaban J connectivity index is 1.42. The second-order valence-corrected chi connectivity index (χ2v) is 10.4. The van der Waals surface area contributed by atoms with Crippen LogP contribution in [0.4, 0.5) is 0 Å². The molecule has 1 N–H and O–H groups in total. The third kappa shape index (κ3) is 4.60. The van der Waals surface area contributed by atoms with Crippen LogP contribution in [0.25, 0.3) is 11.3 Å². The summed E-state index contributed by atoms with van der Waals surface area (Å²) in [5.74, 6) is -0.00464. The van der Waals surface area contributed by atoms with Crippen LogP contribution in [0.15, 0.2) is 42.5 Å². The van der Waals surface area contributed by atoms with E-state index < -0.39 is 5.54 Å². The molecule has 0 bridgehead atoms. The van der Waals surface area contributed by atoms with Crippen molar-refractivity contribution < 1.29 is 14.4 Å². The van der Waals surface area contributed by atoms with Gasteiger partial charge in [-0.1, -0.05) is 49.6 Å². The van der Waals surface area contributed by atoms with Gasteiger partial charge in [0, 0.05) is 37.8 Å². The van der Waals surface area contributed by atoms with E-state index in [2.05, 4.69) is 5.32 Å². The van der Waals surface area contributed by atoms with Gasteiger partial charge in [-0.15, -0.1) is 0 Å². The van der Waals surface area contributed by atoms with Crippen molar-refractivity contribution in [2.45, 2.75) is 76.4 Å². The molecule has 2 aromatic rings. The SMILES string of the molecule is CC1(C(=O)NC2CCCCC2)Cn2c(ccc2-c2ccccc2)C(=O)N1CCCN1CCCC1=O. The highest BCUT2D eigenvalue weighted by Gasteiger charge is 2.48. The second-order valence-electron chi connectivity index (χ2n) is 10.4. The number of carbonyl (C=O) groups is 3. The first-order valence-electron chi connectivity index (χ1n) is 13.1. The maximum Gasteiger partial charge on any atom is 0.271 e. The van der Waals surface area contributed by atoms with Crippen LogP contribution in [0.1, 0.15) is 68.8 Å². The third-order valence-corrected chi connectivity index (χ3v) is 7.99. The Bertz CT molecular complexity index is 1090. The van der Waals surface area contributed by atoms with Crippen molar-refractivity contribution in [3.8, 4) is 11.3 Å². The van der Waals surface area contributed by atoms with Crippen molar-refractivity contribution in [2.24, 2.45) is 0 Å². The van der Waals surface area contributed by atoms with E-state index in [0.717, 1.165) is 49.9 Å². The number of aromatic nitrogens is 1. The van der Waals surface area contributed by atoms with E-state index in [0.29, 0.717) is 38.2 Å². The average molecular weight is 477 g/mol. The molecule has 3 aliphatic rings. The molecule has 186 valence electrons.